The van der Waals surface area contributed by atoms with Crippen LogP contribution in [0.25, 0.3) is 5.69 Å². The van der Waals surface area contributed by atoms with Crippen molar-refractivity contribution >= 4 is 11.9 Å². The Kier molecular flexibility index (Phi) is 5.22. The number of carbonyl (C=O) groups excluding carboxylic acids is 2. The summed E-state index contributed by atoms with van der Waals surface area (Å²) in [7, 11) is 0. The molecule has 0 fully saturated rings. The molecule has 0 aliphatic carbocycles. The summed E-state index contributed by atoms with van der Waals surface area (Å²) in [4.78, 5) is 24.5. The molecule has 1 N–H and O–H groups in total. The zero-order valence-electron chi connectivity index (χ0n) is 14.6. The maximum atomic E-state index is 12.4. The van der Waals surface area contributed by atoms with E-state index in [4.69, 9.17) is 9.15 Å². The van der Waals surface area contributed by atoms with Gasteiger partial charge in [0.2, 0.25) is 0 Å². The predicted molar refractivity (Wildman–Crippen MR) is 95.9 cm³/mol. The Morgan fingerprint density at radius 1 is 1.19 bits per heavy atom. The average Bonchev–Trinajstić information content (AvgIpc) is 3.33. The summed E-state index contributed by atoms with van der Waals surface area (Å²) in [5.74, 6) is -0.293. The fourth-order valence-electron chi connectivity index (χ4n) is 2.52. The largest absolute Gasteiger partial charge is 0.467 e. The second-order valence-corrected chi connectivity index (χ2v) is 5.94. The predicted octanol–water partition coefficient (Wildman–Crippen LogP) is 3.24. The number of ether oxygens (including phenoxy) is 1. The quantitative estimate of drug-likeness (QED) is 0.691. The Labute approximate surface area is 151 Å². The number of hydrogen-bond acceptors (Lipinski definition) is 4. The van der Waals surface area contributed by atoms with Gasteiger partial charge in [-0.25, -0.2) is 4.79 Å². The van der Waals surface area contributed by atoms with Crippen molar-refractivity contribution in [1.82, 2.24) is 9.88 Å². The number of aryl methyl sites for hydroxylation is 1. The molecule has 26 heavy (non-hydrogen) atoms. The summed E-state index contributed by atoms with van der Waals surface area (Å²) >= 11 is 0. The van der Waals surface area contributed by atoms with E-state index in [1.807, 2.05) is 42.1 Å². The molecule has 0 saturated heterocycles. The van der Waals surface area contributed by atoms with E-state index in [1.54, 1.807) is 24.3 Å². The Morgan fingerprint density at radius 3 is 2.65 bits per heavy atom. The van der Waals surface area contributed by atoms with Gasteiger partial charge in [-0.05, 0) is 55.8 Å². The number of benzene rings is 1. The summed E-state index contributed by atoms with van der Waals surface area (Å²) in [5, 5.41) is 2.67. The van der Waals surface area contributed by atoms with Gasteiger partial charge in [-0.15, -0.1) is 0 Å². The van der Waals surface area contributed by atoms with Crippen LogP contribution in [0.15, 0.2) is 65.5 Å². The molecule has 6 heteroatoms. The van der Waals surface area contributed by atoms with Gasteiger partial charge in [0.1, 0.15) is 5.76 Å². The van der Waals surface area contributed by atoms with Gasteiger partial charge in [0, 0.05) is 18.1 Å². The lowest BCUT2D eigenvalue weighted by molar-refractivity contribution is -0.129. The molecular formula is C20H20N2O4. The lowest BCUT2D eigenvalue weighted by Crippen LogP contribution is -2.35. The van der Waals surface area contributed by atoms with Gasteiger partial charge in [-0.3, -0.25) is 4.79 Å². The zero-order chi connectivity index (χ0) is 18.5. The molecule has 0 aliphatic heterocycles. The molecule has 3 aromatic rings. The van der Waals surface area contributed by atoms with Gasteiger partial charge in [-0.1, -0.05) is 6.07 Å². The van der Waals surface area contributed by atoms with E-state index >= 15 is 0 Å². The maximum Gasteiger partial charge on any atom is 0.338 e. The van der Waals surface area contributed by atoms with Crippen LogP contribution in [0.1, 0.15) is 28.6 Å². The number of carbonyl (C=O) groups is 2. The molecule has 6 nitrogen and oxygen atoms in total. The molecule has 2 aromatic heterocycles. The van der Waals surface area contributed by atoms with Crippen LogP contribution in [0.5, 0.6) is 0 Å². The first kappa shape index (κ1) is 17.5. The van der Waals surface area contributed by atoms with E-state index in [0.717, 1.165) is 11.3 Å². The van der Waals surface area contributed by atoms with Gasteiger partial charge in [0.25, 0.3) is 5.91 Å². The van der Waals surface area contributed by atoms with Crippen molar-refractivity contribution in [3.63, 3.8) is 0 Å². The molecule has 0 spiro atoms. The number of aromatic nitrogens is 1. The molecule has 0 radical (unpaired) electrons. The number of rotatable bonds is 6. The lowest BCUT2D eigenvalue weighted by atomic mass is 10.1. The Hall–Kier alpha value is -3.28. The van der Waals surface area contributed by atoms with E-state index in [0.29, 0.717) is 11.3 Å². The monoisotopic (exact) mass is 352 g/mol. The van der Waals surface area contributed by atoms with Gasteiger partial charge < -0.3 is 19.0 Å². The lowest BCUT2D eigenvalue weighted by Gasteiger charge is -2.14. The molecule has 1 unspecified atom stereocenters. The van der Waals surface area contributed by atoms with Crippen molar-refractivity contribution in [2.24, 2.45) is 0 Å². The molecule has 2 heterocycles. The Morgan fingerprint density at radius 2 is 1.96 bits per heavy atom. The number of nitrogens with one attached hydrogen (secondary N) is 1. The molecular weight excluding hydrogens is 332 g/mol. The summed E-state index contributed by atoms with van der Waals surface area (Å²) in [6.07, 6.45) is 4.43. The minimum atomic E-state index is -0.909. The van der Waals surface area contributed by atoms with Gasteiger partial charge in [0.15, 0.2) is 6.10 Å². The van der Waals surface area contributed by atoms with Gasteiger partial charge >= 0.3 is 5.97 Å². The maximum absolute atomic E-state index is 12.4. The van der Waals surface area contributed by atoms with Crippen LogP contribution in [-0.2, 0) is 16.1 Å². The van der Waals surface area contributed by atoms with Crippen LogP contribution < -0.4 is 5.32 Å². The third-order valence-electron chi connectivity index (χ3n) is 4.00. The molecule has 3 rings (SSSR count). The highest BCUT2D eigenvalue weighted by Gasteiger charge is 2.19. The van der Waals surface area contributed by atoms with Crippen molar-refractivity contribution in [1.29, 1.82) is 0 Å². The standard InChI is InChI=1S/C20H20N2O4/c1-14-7-8-16(12-18(14)22-9-3-4-10-22)20(24)26-15(2)19(23)21-13-17-6-5-11-25-17/h3-12,15H,13H2,1-2H3,(H,21,23). The third-order valence-corrected chi connectivity index (χ3v) is 4.00. The number of amides is 1. The van der Waals surface area contributed by atoms with Crippen LogP contribution >= 0.6 is 0 Å². The third kappa shape index (κ3) is 4.03. The topological polar surface area (TPSA) is 73.5 Å². The van der Waals surface area contributed by atoms with E-state index < -0.39 is 12.1 Å². The smallest absolute Gasteiger partial charge is 0.338 e. The molecule has 0 aliphatic rings. The van der Waals surface area contributed by atoms with Crippen molar-refractivity contribution in [3.05, 3.63) is 78.0 Å². The van der Waals surface area contributed by atoms with E-state index in [9.17, 15) is 9.59 Å². The minimum absolute atomic E-state index is 0.246. The Bertz CT molecular complexity index is 883. The number of furan rings is 1. The second kappa shape index (κ2) is 7.74. The average molecular weight is 352 g/mol. The highest BCUT2D eigenvalue weighted by molar-refractivity contribution is 5.92. The van der Waals surface area contributed by atoms with Crippen molar-refractivity contribution in [2.75, 3.05) is 0 Å². The molecule has 1 amide bonds. The summed E-state index contributed by atoms with van der Waals surface area (Å²) < 4.78 is 12.4. The van der Waals surface area contributed by atoms with E-state index in [-0.39, 0.29) is 12.5 Å². The highest BCUT2D eigenvalue weighted by atomic mass is 16.5. The minimum Gasteiger partial charge on any atom is -0.467 e. The summed E-state index contributed by atoms with van der Waals surface area (Å²) in [5.41, 5.74) is 2.31. The fourth-order valence-corrected chi connectivity index (χ4v) is 2.52. The number of nitrogens with zero attached hydrogens (tertiary/aromatic N) is 1. The first-order valence-electron chi connectivity index (χ1n) is 8.29. The number of esters is 1. The van der Waals surface area contributed by atoms with E-state index in [2.05, 4.69) is 5.32 Å². The zero-order valence-corrected chi connectivity index (χ0v) is 14.6. The van der Waals surface area contributed by atoms with Crippen LogP contribution in [-0.4, -0.2) is 22.5 Å². The van der Waals surface area contributed by atoms with Crippen molar-refractivity contribution < 1.29 is 18.7 Å². The molecule has 0 saturated carbocycles. The van der Waals surface area contributed by atoms with Crippen LogP contribution in [0.3, 0.4) is 0 Å². The molecule has 1 aromatic carbocycles. The van der Waals surface area contributed by atoms with Gasteiger partial charge in [0.05, 0.1) is 18.4 Å². The molecule has 134 valence electrons. The second-order valence-electron chi connectivity index (χ2n) is 5.94. The van der Waals surface area contributed by atoms with Crippen molar-refractivity contribution in [2.45, 2.75) is 26.5 Å². The highest BCUT2D eigenvalue weighted by Crippen LogP contribution is 2.17. The summed E-state index contributed by atoms with van der Waals surface area (Å²) in [6, 6.07) is 12.6. The first-order valence-corrected chi connectivity index (χ1v) is 8.29. The molecule has 0 bridgehead atoms. The van der Waals surface area contributed by atoms with Crippen LogP contribution in [0, 0.1) is 6.92 Å². The fraction of sp³-hybridized carbons (Fsp3) is 0.200. The first-order chi connectivity index (χ1) is 12.5. The van der Waals surface area contributed by atoms with Gasteiger partial charge in [-0.2, -0.15) is 0 Å². The molecule has 1 atom stereocenters. The summed E-state index contributed by atoms with van der Waals surface area (Å²) in [6.45, 7) is 3.75. The number of hydrogen-bond donors (Lipinski definition) is 1. The van der Waals surface area contributed by atoms with Crippen molar-refractivity contribution in [3.8, 4) is 5.69 Å². The Balaban J connectivity index is 1.64. The van der Waals surface area contributed by atoms with E-state index in [1.165, 1.54) is 13.2 Å². The van der Waals surface area contributed by atoms with Crippen LogP contribution in [0.4, 0.5) is 0 Å². The normalized spacial score (nSPS) is 11.8. The van der Waals surface area contributed by atoms with Crippen LogP contribution in [0.2, 0.25) is 0 Å². The SMILES string of the molecule is Cc1ccc(C(=O)OC(C)C(=O)NCc2ccco2)cc1-n1cccc1.